The molecule has 1 aliphatic rings. The van der Waals surface area contributed by atoms with Gasteiger partial charge in [0, 0.05) is 5.56 Å². The Morgan fingerprint density at radius 1 is 1.28 bits per heavy atom. The topological polar surface area (TPSA) is 46.5 Å². The second kappa shape index (κ2) is 5.89. The van der Waals surface area contributed by atoms with Gasteiger partial charge in [-0.15, -0.1) is 0 Å². The van der Waals surface area contributed by atoms with Gasteiger partial charge in [0.2, 0.25) is 0 Å². The number of ether oxygens (including phenoxy) is 1. The number of esters is 1. The number of carbonyl (C=O) groups is 1. The number of benzene rings is 1. The maximum Gasteiger partial charge on any atom is 0.309 e. The molecule has 0 aromatic heterocycles. The highest BCUT2D eigenvalue weighted by atomic mass is 16.5. The molecule has 0 bridgehead atoms. The van der Waals surface area contributed by atoms with Crippen LogP contribution >= 0.6 is 0 Å². The molecule has 0 saturated heterocycles. The van der Waals surface area contributed by atoms with E-state index in [9.17, 15) is 9.90 Å². The molecule has 0 spiro atoms. The van der Waals surface area contributed by atoms with Crippen molar-refractivity contribution in [2.45, 2.75) is 39.2 Å². The van der Waals surface area contributed by atoms with Crippen molar-refractivity contribution < 1.29 is 14.6 Å². The number of carbonyl (C=O) groups excluding carboxylic acids is 1. The zero-order valence-corrected chi connectivity index (χ0v) is 10.8. The zero-order chi connectivity index (χ0) is 13.0. The van der Waals surface area contributed by atoms with Crippen molar-refractivity contribution >= 4 is 5.97 Å². The molecule has 2 rings (SSSR count). The van der Waals surface area contributed by atoms with Crippen molar-refractivity contribution in [2.24, 2.45) is 11.8 Å². The van der Waals surface area contributed by atoms with E-state index in [4.69, 9.17) is 4.74 Å². The molecule has 1 aromatic carbocycles. The van der Waals surface area contributed by atoms with E-state index in [0.717, 1.165) is 31.6 Å². The van der Waals surface area contributed by atoms with E-state index in [1.54, 1.807) is 18.2 Å². The number of phenolic OH excluding ortho intramolecular Hbond substituents is 1. The van der Waals surface area contributed by atoms with Gasteiger partial charge in [-0.05, 0) is 37.7 Å². The Balaban J connectivity index is 1.83. The molecule has 3 nitrogen and oxygen atoms in total. The van der Waals surface area contributed by atoms with Gasteiger partial charge in [0.15, 0.2) is 0 Å². The lowest BCUT2D eigenvalue weighted by molar-refractivity contribution is -0.151. The van der Waals surface area contributed by atoms with Crippen molar-refractivity contribution in [3.05, 3.63) is 29.8 Å². The summed E-state index contributed by atoms with van der Waals surface area (Å²) >= 11 is 0. The van der Waals surface area contributed by atoms with Crippen LogP contribution in [0.15, 0.2) is 24.3 Å². The van der Waals surface area contributed by atoms with Gasteiger partial charge in [-0.2, -0.15) is 0 Å². The smallest absolute Gasteiger partial charge is 0.309 e. The number of aromatic hydroxyl groups is 1. The summed E-state index contributed by atoms with van der Waals surface area (Å²) in [5, 5.41) is 9.58. The molecular formula is C15H20O3. The number of hydrogen-bond acceptors (Lipinski definition) is 3. The van der Waals surface area contributed by atoms with Gasteiger partial charge in [0.1, 0.15) is 12.4 Å². The average molecular weight is 248 g/mol. The standard InChI is InChI=1S/C15H20O3/c1-11-6-8-12(9-7-11)15(17)18-10-13-4-2-3-5-14(13)16/h2-5,11-12,16H,6-10H2,1H3. The van der Waals surface area contributed by atoms with Crippen molar-refractivity contribution in [3.63, 3.8) is 0 Å². The summed E-state index contributed by atoms with van der Waals surface area (Å²) in [6.45, 7) is 2.39. The summed E-state index contributed by atoms with van der Waals surface area (Å²) in [6.07, 6.45) is 4.08. The predicted molar refractivity (Wildman–Crippen MR) is 69.0 cm³/mol. The molecule has 0 heterocycles. The molecule has 0 radical (unpaired) electrons. The van der Waals surface area contributed by atoms with Crippen LogP contribution in [0.2, 0.25) is 0 Å². The molecule has 3 heteroatoms. The Kier molecular flexibility index (Phi) is 4.24. The summed E-state index contributed by atoms with van der Waals surface area (Å²) in [5.41, 5.74) is 0.662. The Morgan fingerprint density at radius 2 is 1.94 bits per heavy atom. The van der Waals surface area contributed by atoms with Crippen LogP contribution in [-0.2, 0) is 16.1 Å². The third-order valence-electron chi connectivity index (χ3n) is 3.71. The van der Waals surface area contributed by atoms with E-state index in [-0.39, 0.29) is 24.2 Å². The molecule has 0 aliphatic heterocycles. The summed E-state index contributed by atoms with van der Waals surface area (Å²) in [6, 6.07) is 6.95. The number of para-hydroxylation sites is 1. The van der Waals surface area contributed by atoms with E-state index in [1.807, 2.05) is 6.07 Å². The van der Waals surface area contributed by atoms with Gasteiger partial charge in [-0.25, -0.2) is 0 Å². The molecule has 18 heavy (non-hydrogen) atoms. The lowest BCUT2D eigenvalue weighted by Gasteiger charge is -2.24. The summed E-state index contributed by atoms with van der Waals surface area (Å²) in [5.74, 6) is 0.840. The maximum atomic E-state index is 11.9. The fourth-order valence-corrected chi connectivity index (χ4v) is 2.40. The van der Waals surface area contributed by atoms with E-state index >= 15 is 0 Å². The lowest BCUT2D eigenvalue weighted by Crippen LogP contribution is -2.22. The molecule has 0 atom stereocenters. The van der Waals surface area contributed by atoms with Crippen LogP contribution in [-0.4, -0.2) is 11.1 Å². The summed E-state index contributed by atoms with van der Waals surface area (Å²) < 4.78 is 5.28. The van der Waals surface area contributed by atoms with E-state index < -0.39 is 0 Å². The normalized spacial score (nSPS) is 23.6. The van der Waals surface area contributed by atoms with Crippen molar-refractivity contribution in [2.75, 3.05) is 0 Å². The average Bonchev–Trinajstić information content (AvgIpc) is 2.38. The second-order valence-electron chi connectivity index (χ2n) is 5.19. The van der Waals surface area contributed by atoms with Crippen molar-refractivity contribution in [1.29, 1.82) is 0 Å². The molecule has 1 aliphatic carbocycles. The molecule has 1 fully saturated rings. The van der Waals surface area contributed by atoms with Gasteiger partial charge < -0.3 is 9.84 Å². The van der Waals surface area contributed by atoms with E-state index in [2.05, 4.69) is 6.92 Å². The molecular weight excluding hydrogens is 228 g/mol. The minimum absolute atomic E-state index is 0.0482. The van der Waals surface area contributed by atoms with Crippen LogP contribution in [0.5, 0.6) is 5.75 Å². The number of phenols is 1. The molecule has 0 unspecified atom stereocenters. The predicted octanol–water partition coefficient (Wildman–Crippen LogP) is 3.26. The van der Waals surface area contributed by atoms with Gasteiger partial charge in [0.25, 0.3) is 0 Å². The van der Waals surface area contributed by atoms with E-state index in [1.165, 1.54) is 0 Å². The number of hydrogen-bond donors (Lipinski definition) is 1. The quantitative estimate of drug-likeness (QED) is 0.835. The fraction of sp³-hybridized carbons (Fsp3) is 0.533. The highest BCUT2D eigenvalue weighted by Gasteiger charge is 2.25. The number of rotatable bonds is 3. The molecule has 1 aromatic rings. The Hall–Kier alpha value is -1.51. The van der Waals surface area contributed by atoms with Crippen LogP contribution < -0.4 is 0 Å². The van der Waals surface area contributed by atoms with Crippen LogP contribution in [0.4, 0.5) is 0 Å². The van der Waals surface area contributed by atoms with Crippen LogP contribution in [0, 0.1) is 11.8 Å². The maximum absolute atomic E-state index is 11.9. The first kappa shape index (κ1) is 12.9. The van der Waals surface area contributed by atoms with Gasteiger partial charge in [0.05, 0.1) is 5.92 Å². The third-order valence-corrected chi connectivity index (χ3v) is 3.71. The van der Waals surface area contributed by atoms with Crippen LogP contribution in [0.25, 0.3) is 0 Å². The Morgan fingerprint density at radius 3 is 2.61 bits per heavy atom. The second-order valence-corrected chi connectivity index (χ2v) is 5.19. The minimum Gasteiger partial charge on any atom is -0.508 e. The highest BCUT2D eigenvalue weighted by Crippen LogP contribution is 2.29. The third kappa shape index (κ3) is 3.25. The summed E-state index contributed by atoms with van der Waals surface area (Å²) in [4.78, 5) is 11.9. The largest absolute Gasteiger partial charge is 0.508 e. The first-order chi connectivity index (χ1) is 8.66. The molecule has 0 amide bonds. The van der Waals surface area contributed by atoms with Gasteiger partial charge in [-0.1, -0.05) is 25.1 Å². The van der Waals surface area contributed by atoms with Crippen molar-refractivity contribution in [1.82, 2.24) is 0 Å². The Labute approximate surface area is 108 Å². The monoisotopic (exact) mass is 248 g/mol. The summed E-state index contributed by atoms with van der Waals surface area (Å²) in [7, 11) is 0. The first-order valence-corrected chi connectivity index (χ1v) is 6.60. The van der Waals surface area contributed by atoms with Crippen LogP contribution in [0.3, 0.4) is 0 Å². The lowest BCUT2D eigenvalue weighted by atomic mass is 9.83. The first-order valence-electron chi connectivity index (χ1n) is 6.60. The molecule has 1 saturated carbocycles. The molecule has 98 valence electrons. The zero-order valence-electron chi connectivity index (χ0n) is 10.8. The minimum atomic E-state index is -0.120. The fourth-order valence-electron chi connectivity index (χ4n) is 2.40. The Bertz CT molecular complexity index is 406. The molecule has 1 N–H and O–H groups in total. The van der Waals surface area contributed by atoms with Crippen molar-refractivity contribution in [3.8, 4) is 5.75 Å². The van der Waals surface area contributed by atoms with E-state index in [0.29, 0.717) is 5.56 Å². The van der Waals surface area contributed by atoms with Gasteiger partial charge in [-0.3, -0.25) is 4.79 Å². The van der Waals surface area contributed by atoms with Gasteiger partial charge >= 0.3 is 5.97 Å². The van der Waals surface area contributed by atoms with Crippen LogP contribution in [0.1, 0.15) is 38.2 Å². The highest BCUT2D eigenvalue weighted by molar-refractivity contribution is 5.72. The SMILES string of the molecule is CC1CCC(C(=O)OCc2ccccc2O)CC1.